The van der Waals surface area contributed by atoms with E-state index in [4.69, 9.17) is 4.74 Å². The fourth-order valence-electron chi connectivity index (χ4n) is 2.07. The third kappa shape index (κ3) is 2.73. The number of aryl methyl sites for hydroxylation is 1. The monoisotopic (exact) mass is 267 g/mol. The summed E-state index contributed by atoms with van der Waals surface area (Å²) < 4.78 is 5.18. The lowest BCUT2D eigenvalue weighted by Gasteiger charge is -2.34. The Hall–Kier alpha value is -1.96. The first-order chi connectivity index (χ1) is 9.05. The highest BCUT2D eigenvalue weighted by atomic mass is 16.6. The zero-order valence-corrected chi connectivity index (χ0v) is 11.1. The molecule has 2 rings (SSSR count). The molecule has 0 spiro atoms. The van der Waals surface area contributed by atoms with Crippen LogP contribution in [0.15, 0.2) is 0 Å². The summed E-state index contributed by atoms with van der Waals surface area (Å²) >= 11 is 0. The highest BCUT2D eigenvalue weighted by Gasteiger charge is 2.32. The minimum absolute atomic E-state index is 0.0696. The zero-order chi connectivity index (χ0) is 14.0. The molecule has 1 aromatic heterocycles. The van der Waals surface area contributed by atoms with Gasteiger partial charge >= 0.3 is 5.69 Å². The normalized spacial score (nSPS) is 21.6. The van der Waals surface area contributed by atoms with Gasteiger partial charge in [-0.05, 0) is 19.8 Å². The van der Waals surface area contributed by atoms with Crippen LogP contribution >= 0.6 is 0 Å². The van der Waals surface area contributed by atoms with Gasteiger partial charge in [0.15, 0.2) is 0 Å². The molecule has 1 fully saturated rings. The van der Waals surface area contributed by atoms with Crippen LogP contribution in [0.5, 0.6) is 0 Å². The summed E-state index contributed by atoms with van der Waals surface area (Å²) in [6.07, 6.45) is 1.88. The van der Waals surface area contributed by atoms with Crippen LogP contribution in [0.25, 0.3) is 0 Å². The minimum atomic E-state index is -0.455. The number of methoxy groups -OCH3 is 1. The molecule has 0 radical (unpaired) electrons. The lowest BCUT2D eigenvalue weighted by Crippen LogP contribution is -2.40. The van der Waals surface area contributed by atoms with E-state index in [9.17, 15) is 10.1 Å². The van der Waals surface area contributed by atoms with Gasteiger partial charge < -0.3 is 15.4 Å². The van der Waals surface area contributed by atoms with Gasteiger partial charge in [0, 0.05) is 20.2 Å². The number of nitro groups is 1. The summed E-state index contributed by atoms with van der Waals surface area (Å²) in [6.45, 7) is 1.60. The first-order valence-electron chi connectivity index (χ1n) is 6.05. The number of anilines is 2. The molecule has 8 heteroatoms. The van der Waals surface area contributed by atoms with Crippen molar-refractivity contribution in [1.29, 1.82) is 0 Å². The molecule has 0 amide bonds. The second-order valence-electron chi connectivity index (χ2n) is 4.51. The fraction of sp³-hybridized carbons (Fsp3) is 0.636. The van der Waals surface area contributed by atoms with E-state index in [1.807, 2.05) is 0 Å². The van der Waals surface area contributed by atoms with Crippen LogP contribution in [0.2, 0.25) is 0 Å². The van der Waals surface area contributed by atoms with E-state index in [1.54, 1.807) is 21.1 Å². The predicted octanol–water partition coefficient (Wildman–Crippen LogP) is 1.32. The Morgan fingerprint density at radius 1 is 1.42 bits per heavy atom. The van der Waals surface area contributed by atoms with Crippen molar-refractivity contribution in [2.75, 3.05) is 24.8 Å². The molecular weight excluding hydrogens is 250 g/mol. The van der Waals surface area contributed by atoms with Gasteiger partial charge in [-0.3, -0.25) is 10.1 Å². The van der Waals surface area contributed by atoms with Crippen LogP contribution in [0, 0.1) is 17.0 Å². The average molecular weight is 267 g/mol. The average Bonchev–Trinajstić information content (AvgIpc) is 2.31. The van der Waals surface area contributed by atoms with Gasteiger partial charge in [0.05, 0.1) is 11.0 Å². The van der Waals surface area contributed by atoms with E-state index in [1.165, 1.54) is 0 Å². The molecule has 1 aliphatic carbocycles. The molecule has 1 saturated carbocycles. The number of ether oxygens (including phenoxy) is 1. The fourth-order valence-corrected chi connectivity index (χ4v) is 2.07. The molecule has 1 aromatic rings. The topological polar surface area (TPSA) is 102 Å². The van der Waals surface area contributed by atoms with E-state index < -0.39 is 4.92 Å². The van der Waals surface area contributed by atoms with Gasteiger partial charge in [0.25, 0.3) is 0 Å². The van der Waals surface area contributed by atoms with Crippen LogP contribution in [-0.4, -0.2) is 41.2 Å². The van der Waals surface area contributed by atoms with Crippen LogP contribution in [0.4, 0.5) is 17.5 Å². The smallest absolute Gasteiger partial charge is 0.332 e. The summed E-state index contributed by atoms with van der Waals surface area (Å²) in [5, 5.41) is 17.0. The van der Waals surface area contributed by atoms with Crippen molar-refractivity contribution in [2.24, 2.45) is 0 Å². The van der Waals surface area contributed by atoms with Crippen LogP contribution in [0.3, 0.4) is 0 Å². The van der Waals surface area contributed by atoms with E-state index in [0.717, 1.165) is 12.8 Å². The molecule has 0 aromatic carbocycles. The molecule has 1 aliphatic rings. The third-order valence-electron chi connectivity index (χ3n) is 3.23. The second-order valence-corrected chi connectivity index (χ2v) is 4.51. The number of hydrogen-bond acceptors (Lipinski definition) is 7. The first-order valence-corrected chi connectivity index (χ1v) is 6.05. The van der Waals surface area contributed by atoms with Crippen molar-refractivity contribution in [3.63, 3.8) is 0 Å². The molecule has 104 valence electrons. The number of nitrogens with zero attached hydrogens (tertiary/aromatic N) is 3. The molecule has 1 heterocycles. The maximum absolute atomic E-state index is 11.1. The summed E-state index contributed by atoms with van der Waals surface area (Å²) in [4.78, 5) is 18.8. The Kier molecular flexibility index (Phi) is 3.79. The standard InChI is InChI=1S/C11H17N5O3/c1-6-9(16(17)18)10(15-11(12-2)13-6)14-7-4-8(5-7)19-3/h7-8H,4-5H2,1-3H3,(H2,12,13,14,15). The summed E-state index contributed by atoms with van der Waals surface area (Å²) in [7, 11) is 3.34. The van der Waals surface area contributed by atoms with Crippen LogP contribution < -0.4 is 10.6 Å². The SMILES string of the molecule is CNc1nc(C)c([N+](=O)[O-])c(NC2CC(OC)C2)n1. The van der Waals surface area contributed by atoms with E-state index in [-0.39, 0.29) is 23.7 Å². The molecule has 0 aliphatic heterocycles. The molecule has 2 N–H and O–H groups in total. The number of rotatable bonds is 5. The third-order valence-corrected chi connectivity index (χ3v) is 3.23. The Bertz CT molecular complexity index is 487. The van der Waals surface area contributed by atoms with Gasteiger partial charge in [-0.25, -0.2) is 4.98 Å². The molecule has 0 atom stereocenters. The molecule has 0 bridgehead atoms. The maximum Gasteiger partial charge on any atom is 0.332 e. The lowest BCUT2D eigenvalue weighted by molar-refractivity contribution is -0.385. The van der Waals surface area contributed by atoms with Gasteiger partial charge in [-0.1, -0.05) is 0 Å². The van der Waals surface area contributed by atoms with Gasteiger partial charge in [-0.15, -0.1) is 0 Å². The Balaban J connectivity index is 2.22. The first kappa shape index (κ1) is 13.5. The number of aromatic nitrogens is 2. The van der Waals surface area contributed by atoms with Crippen molar-refractivity contribution < 1.29 is 9.66 Å². The van der Waals surface area contributed by atoms with Crippen molar-refractivity contribution >= 4 is 17.5 Å². The predicted molar refractivity (Wildman–Crippen MR) is 70.4 cm³/mol. The van der Waals surface area contributed by atoms with Crippen molar-refractivity contribution in [2.45, 2.75) is 31.9 Å². The van der Waals surface area contributed by atoms with Gasteiger partial charge in [0.1, 0.15) is 5.69 Å². The van der Waals surface area contributed by atoms with Gasteiger partial charge in [0.2, 0.25) is 11.8 Å². The number of hydrogen-bond donors (Lipinski definition) is 2. The largest absolute Gasteiger partial charge is 0.381 e. The molecule has 0 unspecified atom stereocenters. The minimum Gasteiger partial charge on any atom is -0.381 e. The molecular formula is C11H17N5O3. The summed E-state index contributed by atoms with van der Waals surface area (Å²) in [5.74, 6) is 0.634. The highest BCUT2D eigenvalue weighted by Crippen LogP contribution is 2.31. The summed E-state index contributed by atoms with van der Waals surface area (Å²) in [6, 6.07) is 0.155. The second kappa shape index (κ2) is 5.35. The maximum atomic E-state index is 11.1. The van der Waals surface area contributed by atoms with Crippen molar-refractivity contribution in [1.82, 2.24) is 9.97 Å². The lowest BCUT2D eigenvalue weighted by atomic mass is 9.89. The molecule has 0 saturated heterocycles. The zero-order valence-electron chi connectivity index (χ0n) is 11.1. The van der Waals surface area contributed by atoms with Crippen LogP contribution in [0.1, 0.15) is 18.5 Å². The Morgan fingerprint density at radius 2 is 2.11 bits per heavy atom. The van der Waals surface area contributed by atoms with E-state index >= 15 is 0 Å². The van der Waals surface area contributed by atoms with Crippen molar-refractivity contribution in [3.8, 4) is 0 Å². The summed E-state index contributed by atoms with van der Waals surface area (Å²) in [5.41, 5.74) is 0.273. The van der Waals surface area contributed by atoms with Crippen LogP contribution in [-0.2, 0) is 4.74 Å². The van der Waals surface area contributed by atoms with E-state index in [0.29, 0.717) is 11.6 Å². The Labute approximate surface area is 110 Å². The van der Waals surface area contributed by atoms with E-state index in [2.05, 4.69) is 20.6 Å². The Morgan fingerprint density at radius 3 is 2.63 bits per heavy atom. The quantitative estimate of drug-likeness (QED) is 0.612. The van der Waals surface area contributed by atoms with Gasteiger partial charge in [-0.2, -0.15) is 4.98 Å². The van der Waals surface area contributed by atoms with Crippen molar-refractivity contribution in [3.05, 3.63) is 15.8 Å². The highest BCUT2D eigenvalue weighted by molar-refractivity contribution is 5.61. The molecule has 19 heavy (non-hydrogen) atoms. The number of nitrogens with one attached hydrogen (secondary N) is 2. The molecule has 8 nitrogen and oxygen atoms in total.